The molecule has 1 aromatic rings. The SMILES string of the molecule is O=[N+]([O-])c1cn(CC(F)F)nc1Cl. The zero-order chi connectivity index (χ0) is 10.0. The highest BCUT2D eigenvalue weighted by Gasteiger charge is 2.18. The summed E-state index contributed by atoms with van der Waals surface area (Å²) >= 11 is 5.30. The summed E-state index contributed by atoms with van der Waals surface area (Å²) < 4.78 is 24.3. The number of hydrogen-bond donors (Lipinski definition) is 0. The van der Waals surface area contributed by atoms with Crippen LogP contribution in [0.4, 0.5) is 14.5 Å². The molecule has 0 bridgehead atoms. The lowest BCUT2D eigenvalue weighted by Crippen LogP contribution is -2.06. The Labute approximate surface area is 76.1 Å². The minimum atomic E-state index is -2.62. The first-order chi connectivity index (χ1) is 6.00. The van der Waals surface area contributed by atoms with Crippen molar-refractivity contribution in [1.29, 1.82) is 0 Å². The van der Waals surface area contributed by atoms with Gasteiger partial charge in [0.15, 0.2) is 0 Å². The van der Waals surface area contributed by atoms with Gasteiger partial charge in [0.2, 0.25) is 5.15 Å². The lowest BCUT2D eigenvalue weighted by atomic mass is 10.6. The van der Waals surface area contributed by atoms with Crippen molar-refractivity contribution < 1.29 is 13.7 Å². The fourth-order valence-electron chi connectivity index (χ4n) is 0.745. The standard InChI is InChI=1S/C5H4ClF2N3O2/c6-5-3(11(12)13)1-10(9-5)2-4(7)8/h1,4H,2H2. The van der Waals surface area contributed by atoms with Crippen molar-refractivity contribution in [3.8, 4) is 0 Å². The van der Waals surface area contributed by atoms with E-state index in [0.29, 0.717) is 0 Å². The monoisotopic (exact) mass is 211 g/mol. The second kappa shape index (κ2) is 3.65. The van der Waals surface area contributed by atoms with Crippen molar-refractivity contribution in [2.24, 2.45) is 0 Å². The molecule has 0 N–H and O–H groups in total. The zero-order valence-electron chi connectivity index (χ0n) is 6.15. The van der Waals surface area contributed by atoms with E-state index in [1.54, 1.807) is 0 Å². The maximum atomic E-state index is 11.8. The van der Waals surface area contributed by atoms with Crippen LogP contribution in [0.25, 0.3) is 0 Å². The Morgan fingerprint density at radius 1 is 1.77 bits per heavy atom. The van der Waals surface area contributed by atoms with Gasteiger partial charge in [-0.1, -0.05) is 11.6 Å². The quantitative estimate of drug-likeness (QED) is 0.565. The van der Waals surface area contributed by atoms with Crippen molar-refractivity contribution in [2.45, 2.75) is 13.0 Å². The molecule has 0 atom stereocenters. The Balaban J connectivity index is 2.89. The van der Waals surface area contributed by atoms with Crippen LogP contribution in [0, 0.1) is 10.1 Å². The van der Waals surface area contributed by atoms with E-state index in [1.807, 2.05) is 0 Å². The summed E-state index contributed by atoms with van der Waals surface area (Å²) in [5.41, 5.74) is -0.470. The maximum Gasteiger partial charge on any atom is 0.325 e. The van der Waals surface area contributed by atoms with E-state index in [-0.39, 0.29) is 5.15 Å². The van der Waals surface area contributed by atoms with Gasteiger partial charge in [-0.15, -0.1) is 0 Å². The Morgan fingerprint density at radius 2 is 2.38 bits per heavy atom. The fourth-order valence-corrected chi connectivity index (χ4v) is 0.960. The molecule has 1 heterocycles. The predicted octanol–water partition coefficient (Wildman–Crippen LogP) is 1.71. The molecule has 0 amide bonds. The van der Waals surface area contributed by atoms with Crippen molar-refractivity contribution in [3.05, 3.63) is 21.5 Å². The Kier molecular flexibility index (Phi) is 2.76. The van der Waals surface area contributed by atoms with E-state index in [1.165, 1.54) is 0 Å². The van der Waals surface area contributed by atoms with Crippen molar-refractivity contribution in [1.82, 2.24) is 9.78 Å². The third-order valence-corrected chi connectivity index (χ3v) is 1.49. The molecule has 1 aromatic heterocycles. The Hall–Kier alpha value is -1.24. The molecular weight excluding hydrogens is 208 g/mol. The van der Waals surface area contributed by atoms with Gasteiger partial charge in [0.1, 0.15) is 12.7 Å². The van der Waals surface area contributed by atoms with Gasteiger partial charge in [-0.2, -0.15) is 5.10 Å². The lowest BCUT2D eigenvalue weighted by Gasteiger charge is -1.96. The molecule has 72 valence electrons. The Morgan fingerprint density at radius 3 is 2.77 bits per heavy atom. The van der Waals surface area contributed by atoms with Gasteiger partial charge in [0.05, 0.1) is 4.92 Å². The van der Waals surface area contributed by atoms with E-state index in [0.717, 1.165) is 10.9 Å². The van der Waals surface area contributed by atoms with Gasteiger partial charge in [-0.05, 0) is 0 Å². The number of aromatic nitrogens is 2. The van der Waals surface area contributed by atoms with Crippen LogP contribution in [-0.4, -0.2) is 21.1 Å². The topological polar surface area (TPSA) is 61.0 Å². The van der Waals surface area contributed by atoms with Gasteiger partial charge >= 0.3 is 5.69 Å². The van der Waals surface area contributed by atoms with E-state index in [2.05, 4.69) is 5.10 Å². The summed E-state index contributed by atoms with van der Waals surface area (Å²) in [7, 11) is 0. The summed E-state index contributed by atoms with van der Waals surface area (Å²) in [4.78, 5) is 9.42. The van der Waals surface area contributed by atoms with Crippen LogP contribution in [0.3, 0.4) is 0 Å². The lowest BCUT2D eigenvalue weighted by molar-refractivity contribution is -0.384. The molecule has 0 fully saturated rings. The average Bonchev–Trinajstić information content (AvgIpc) is 2.29. The number of rotatable bonds is 3. The minimum Gasteiger partial charge on any atom is -0.258 e. The molecule has 1 rings (SSSR count). The predicted molar refractivity (Wildman–Crippen MR) is 39.9 cm³/mol. The Bertz CT molecular complexity index is 328. The third kappa shape index (κ3) is 2.35. The van der Waals surface area contributed by atoms with Crippen LogP contribution in [0.5, 0.6) is 0 Å². The highest BCUT2D eigenvalue weighted by atomic mass is 35.5. The molecular formula is C5H4ClF2N3O2. The van der Waals surface area contributed by atoms with Crippen LogP contribution in [0.2, 0.25) is 5.15 Å². The molecule has 0 spiro atoms. The second-order valence-electron chi connectivity index (χ2n) is 2.18. The molecule has 5 nitrogen and oxygen atoms in total. The maximum absolute atomic E-state index is 11.8. The van der Waals surface area contributed by atoms with Crippen LogP contribution in [-0.2, 0) is 6.54 Å². The van der Waals surface area contributed by atoms with E-state index in [4.69, 9.17) is 11.6 Å². The highest BCUT2D eigenvalue weighted by Crippen LogP contribution is 2.21. The van der Waals surface area contributed by atoms with Crippen LogP contribution in [0.1, 0.15) is 0 Å². The van der Waals surface area contributed by atoms with Crippen LogP contribution in [0.15, 0.2) is 6.20 Å². The average molecular weight is 212 g/mol. The summed E-state index contributed by atoms with van der Waals surface area (Å²) in [6.07, 6.45) is -1.75. The van der Waals surface area contributed by atoms with Crippen molar-refractivity contribution >= 4 is 17.3 Å². The molecule has 0 saturated carbocycles. The van der Waals surface area contributed by atoms with Crippen molar-refractivity contribution in [3.63, 3.8) is 0 Å². The molecule has 8 heteroatoms. The third-order valence-electron chi connectivity index (χ3n) is 1.22. The minimum absolute atomic E-state index is 0.384. The summed E-state index contributed by atoms with van der Waals surface area (Å²) in [6.45, 7) is -0.701. The number of hydrogen-bond acceptors (Lipinski definition) is 3. The number of nitro groups is 1. The van der Waals surface area contributed by atoms with Crippen LogP contribution < -0.4 is 0 Å². The van der Waals surface area contributed by atoms with Gasteiger partial charge < -0.3 is 0 Å². The smallest absolute Gasteiger partial charge is 0.258 e. The molecule has 0 aliphatic rings. The second-order valence-corrected chi connectivity index (χ2v) is 2.53. The first-order valence-corrected chi connectivity index (χ1v) is 3.54. The molecule has 0 aromatic carbocycles. The number of nitrogens with zero attached hydrogens (tertiary/aromatic N) is 3. The normalized spacial score (nSPS) is 10.8. The number of halogens is 3. The fraction of sp³-hybridized carbons (Fsp3) is 0.400. The highest BCUT2D eigenvalue weighted by molar-refractivity contribution is 6.31. The first kappa shape index (κ1) is 9.85. The van der Waals surface area contributed by atoms with Gasteiger partial charge in [0, 0.05) is 0 Å². The first-order valence-electron chi connectivity index (χ1n) is 3.16. The molecule has 0 aliphatic heterocycles. The molecule has 0 radical (unpaired) electrons. The van der Waals surface area contributed by atoms with Gasteiger partial charge in [-0.25, -0.2) is 8.78 Å². The van der Waals surface area contributed by atoms with E-state index >= 15 is 0 Å². The van der Waals surface area contributed by atoms with Gasteiger partial charge in [0.25, 0.3) is 6.43 Å². The molecule has 13 heavy (non-hydrogen) atoms. The van der Waals surface area contributed by atoms with E-state index < -0.39 is 23.6 Å². The molecule has 0 unspecified atom stereocenters. The van der Waals surface area contributed by atoms with E-state index in [9.17, 15) is 18.9 Å². The van der Waals surface area contributed by atoms with Crippen LogP contribution >= 0.6 is 11.6 Å². The molecule has 0 aliphatic carbocycles. The summed E-state index contributed by atoms with van der Waals surface area (Å²) in [6, 6.07) is 0. The molecule has 0 saturated heterocycles. The number of alkyl halides is 2. The summed E-state index contributed by atoms with van der Waals surface area (Å²) in [5, 5.41) is 13.1. The zero-order valence-corrected chi connectivity index (χ0v) is 6.91. The van der Waals surface area contributed by atoms with Gasteiger partial charge in [-0.3, -0.25) is 14.8 Å². The van der Waals surface area contributed by atoms with Crippen molar-refractivity contribution in [2.75, 3.05) is 0 Å². The largest absolute Gasteiger partial charge is 0.325 e. The summed E-state index contributed by atoms with van der Waals surface area (Å²) in [5.74, 6) is 0.